The highest BCUT2D eigenvalue weighted by Gasteiger charge is 2.19. The van der Waals surface area contributed by atoms with Crippen molar-refractivity contribution in [3.8, 4) is 5.75 Å². The highest BCUT2D eigenvalue weighted by molar-refractivity contribution is 5.77. The molecule has 4 heteroatoms. The van der Waals surface area contributed by atoms with E-state index in [2.05, 4.69) is 31.1 Å². The van der Waals surface area contributed by atoms with Gasteiger partial charge in [0.05, 0.1) is 0 Å². The van der Waals surface area contributed by atoms with Crippen LogP contribution in [0.15, 0.2) is 48.7 Å². The predicted octanol–water partition coefficient (Wildman–Crippen LogP) is 3.51. The molecular weight excluding hydrogens is 300 g/mol. The van der Waals surface area contributed by atoms with Crippen LogP contribution in [0.3, 0.4) is 0 Å². The molecule has 0 aliphatic carbocycles. The molecule has 1 N–H and O–H groups in total. The molecule has 128 valence electrons. The smallest absolute Gasteiger partial charge is 0.258 e. The Bertz CT molecular complexity index is 663. The Morgan fingerprint density at radius 1 is 1.17 bits per heavy atom. The Morgan fingerprint density at radius 3 is 2.54 bits per heavy atom. The predicted molar refractivity (Wildman–Crippen MR) is 96.2 cm³/mol. The van der Waals surface area contributed by atoms with Crippen molar-refractivity contribution in [1.82, 2.24) is 10.3 Å². The Balaban J connectivity index is 1.88. The maximum atomic E-state index is 12.1. The van der Waals surface area contributed by atoms with Gasteiger partial charge in [0.2, 0.25) is 0 Å². The molecule has 1 heterocycles. The number of amides is 1. The van der Waals surface area contributed by atoms with E-state index in [4.69, 9.17) is 4.74 Å². The summed E-state index contributed by atoms with van der Waals surface area (Å²) in [6.07, 6.45) is 2.46. The van der Waals surface area contributed by atoms with E-state index in [1.54, 1.807) is 6.20 Å². The summed E-state index contributed by atoms with van der Waals surface area (Å²) in [5, 5.41) is 2.95. The van der Waals surface area contributed by atoms with Gasteiger partial charge < -0.3 is 10.1 Å². The number of nitrogens with zero attached hydrogens (tertiary/aromatic N) is 1. The van der Waals surface area contributed by atoms with Gasteiger partial charge in [-0.05, 0) is 36.1 Å². The number of ether oxygens (including phenoxy) is 1. The van der Waals surface area contributed by atoms with Crippen LogP contribution in [-0.2, 0) is 16.6 Å². The lowest BCUT2D eigenvalue weighted by Crippen LogP contribution is -2.37. The molecule has 0 radical (unpaired) electrons. The van der Waals surface area contributed by atoms with Crippen molar-refractivity contribution < 1.29 is 9.53 Å². The van der Waals surface area contributed by atoms with Crippen LogP contribution >= 0.6 is 0 Å². The largest absolute Gasteiger partial charge is 0.483 e. The summed E-state index contributed by atoms with van der Waals surface area (Å²) in [7, 11) is 0. The minimum atomic E-state index is -0.123. The Labute approximate surface area is 144 Å². The van der Waals surface area contributed by atoms with Gasteiger partial charge in [0.1, 0.15) is 5.75 Å². The molecule has 0 fully saturated rings. The number of aromatic nitrogens is 1. The second-order valence-electron chi connectivity index (χ2n) is 7.03. The van der Waals surface area contributed by atoms with E-state index in [1.807, 2.05) is 49.4 Å². The molecular formula is C20H26N2O2. The molecule has 0 saturated carbocycles. The first-order chi connectivity index (χ1) is 11.4. The third-order valence-corrected chi connectivity index (χ3v) is 3.70. The van der Waals surface area contributed by atoms with Gasteiger partial charge in [-0.3, -0.25) is 9.78 Å². The van der Waals surface area contributed by atoms with Crippen LogP contribution in [0.2, 0.25) is 0 Å². The van der Waals surface area contributed by atoms with Gasteiger partial charge in [-0.25, -0.2) is 0 Å². The molecule has 1 aromatic heterocycles. The molecule has 4 nitrogen and oxygen atoms in total. The Hall–Kier alpha value is -2.36. The quantitative estimate of drug-likeness (QED) is 0.884. The molecule has 0 aliphatic rings. The molecule has 0 aliphatic heterocycles. The highest BCUT2D eigenvalue weighted by Crippen LogP contribution is 2.30. The number of nitrogens with one attached hydrogen (secondary N) is 1. The lowest BCUT2D eigenvalue weighted by molar-refractivity contribution is -0.123. The number of benzene rings is 1. The van der Waals surface area contributed by atoms with Crippen LogP contribution in [0.1, 0.15) is 39.0 Å². The third kappa shape index (κ3) is 5.37. The summed E-state index contributed by atoms with van der Waals surface area (Å²) < 4.78 is 5.75. The van der Waals surface area contributed by atoms with Crippen molar-refractivity contribution in [2.24, 2.45) is 0 Å². The van der Waals surface area contributed by atoms with E-state index in [-0.39, 0.29) is 24.0 Å². The fraction of sp³-hybridized carbons (Fsp3) is 0.400. The van der Waals surface area contributed by atoms with Crippen molar-refractivity contribution in [2.75, 3.05) is 6.61 Å². The van der Waals surface area contributed by atoms with Crippen LogP contribution < -0.4 is 10.1 Å². The minimum absolute atomic E-state index is 0.00820. The molecule has 2 rings (SSSR count). The molecule has 1 atom stereocenters. The Kier molecular flexibility index (Phi) is 5.96. The first kappa shape index (κ1) is 18.0. The number of hydrogen-bond acceptors (Lipinski definition) is 3. The Morgan fingerprint density at radius 2 is 1.88 bits per heavy atom. The van der Waals surface area contributed by atoms with Crippen LogP contribution in [0.5, 0.6) is 5.75 Å². The molecule has 1 amide bonds. The monoisotopic (exact) mass is 326 g/mol. The van der Waals surface area contributed by atoms with Crippen molar-refractivity contribution in [2.45, 2.75) is 45.6 Å². The van der Waals surface area contributed by atoms with E-state index in [1.165, 1.54) is 0 Å². The van der Waals surface area contributed by atoms with Crippen molar-refractivity contribution in [3.05, 3.63) is 59.9 Å². The van der Waals surface area contributed by atoms with Gasteiger partial charge in [0.25, 0.3) is 5.91 Å². The number of carbonyl (C=O) groups excluding carboxylic acids is 1. The first-order valence-electron chi connectivity index (χ1n) is 8.28. The van der Waals surface area contributed by atoms with Crippen LogP contribution in [0, 0.1) is 0 Å². The molecule has 0 bridgehead atoms. The fourth-order valence-corrected chi connectivity index (χ4v) is 2.56. The lowest BCUT2D eigenvalue weighted by Gasteiger charge is -2.22. The highest BCUT2D eigenvalue weighted by atomic mass is 16.5. The summed E-state index contributed by atoms with van der Waals surface area (Å²) in [6, 6.07) is 13.7. The number of carbonyl (C=O) groups is 1. The van der Waals surface area contributed by atoms with E-state index in [0.29, 0.717) is 6.42 Å². The van der Waals surface area contributed by atoms with Gasteiger partial charge in [0, 0.05) is 24.4 Å². The second-order valence-corrected chi connectivity index (χ2v) is 7.03. The van der Waals surface area contributed by atoms with Gasteiger partial charge in [-0.1, -0.05) is 45.0 Å². The van der Waals surface area contributed by atoms with Crippen molar-refractivity contribution in [1.29, 1.82) is 0 Å². The number of hydrogen-bond donors (Lipinski definition) is 1. The zero-order valence-corrected chi connectivity index (χ0v) is 14.9. The van der Waals surface area contributed by atoms with Gasteiger partial charge in [-0.2, -0.15) is 0 Å². The SMILES string of the molecule is C[C@@H](Cc1ccccn1)NC(=O)COc1ccccc1C(C)(C)C. The molecule has 0 unspecified atom stereocenters. The van der Waals surface area contributed by atoms with Crippen molar-refractivity contribution in [3.63, 3.8) is 0 Å². The second kappa shape index (κ2) is 7.95. The summed E-state index contributed by atoms with van der Waals surface area (Å²) >= 11 is 0. The molecule has 0 saturated heterocycles. The lowest BCUT2D eigenvalue weighted by atomic mass is 9.86. The van der Waals surface area contributed by atoms with Crippen molar-refractivity contribution >= 4 is 5.91 Å². The molecule has 24 heavy (non-hydrogen) atoms. The van der Waals surface area contributed by atoms with Gasteiger partial charge >= 0.3 is 0 Å². The summed E-state index contributed by atoms with van der Waals surface area (Å²) in [5.74, 6) is 0.639. The zero-order valence-electron chi connectivity index (χ0n) is 14.9. The maximum Gasteiger partial charge on any atom is 0.258 e. The number of para-hydroxylation sites is 1. The maximum absolute atomic E-state index is 12.1. The normalized spacial score (nSPS) is 12.5. The van der Waals surface area contributed by atoms with Crippen LogP contribution in [-0.4, -0.2) is 23.5 Å². The summed E-state index contributed by atoms with van der Waals surface area (Å²) in [4.78, 5) is 16.4. The van der Waals surface area contributed by atoms with Crippen LogP contribution in [0.25, 0.3) is 0 Å². The topological polar surface area (TPSA) is 51.2 Å². The third-order valence-electron chi connectivity index (χ3n) is 3.70. The van der Waals surface area contributed by atoms with E-state index in [9.17, 15) is 4.79 Å². The molecule has 0 spiro atoms. The average molecular weight is 326 g/mol. The summed E-state index contributed by atoms with van der Waals surface area (Å²) in [5.41, 5.74) is 2.03. The average Bonchev–Trinajstić information content (AvgIpc) is 2.53. The molecule has 1 aromatic carbocycles. The van der Waals surface area contributed by atoms with E-state index in [0.717, 1.165) is 17.0 Å². The number of rotatable bonds is 6. The first-order valence-corrected chi connectivity index (χ1v) is 8.28. The number of pyridine rings is 1. The molecule has 2 aromatic rings. The van der Waals surface area contributed by atoms with Gasteiger partial charge in [-0.15, -0.1) is 0 Å². The minimum Gasteiger partial charge on any atom is -0.483 e. The van der Waals surface area contributed by atoms with E-state index < -0.39 is 0 Å². The standard InChI is InChI=1S/C20H26N2O2/c1-15(13-16-9-7-8-12-21-16)22-19(23)14-24-18-11-6-5-10-17(18)20(2,3)4/h5-12,15H,13-14H2,1-4H3,(H,22,23)/t15-/m0/s1. The zero-order chi connectivity index (χ0) is 17.6. The summed E-state index contributed by atoms with van der Waals surface area (Å²) in [6.45, 7) is 8.37. The van der Waals surface area contributed by atoms with E-state index >= 15 is 0 Å². The fourth-order valence-electron chi connectivity index (χ4n) is 2.56. The van der Waals surface area contributed by atoms with Crippen LogP contribution in [0.4, 0.5) is 0 Å². The van der Waals surface area contributed by atoms with Gasteiger partial charge in [0.15, 0.2) is 6.61 Å².